The Morgan fingerprint density at radius 1 is 1.33 bits per heavy atom. The van der Waals surface area contributed by atoms with E-state index in [-0.39, 0.29) is 5.41 Å². The molecule has 0 aromatic heterocycles. The van der Waals surface area contributed by atoms with Crippen LogP contribution in [0.5, 0.6) is 0 Å². The maximum absolute atomic E-state index is 5.60. The zero-order valence-corrected chi connectivity index (χ0v) is 11.7. The van der Waals surface area contributed by atoms with Crippen molar-refractivity contribution in [2.75, 3.05) is 45.3 Å². The Hall–Kier alpha value is -1.06. The Morgan fingerprint density at radius 2 is 2.06 bits per heavy atom. The lowest BCUT2D eigenvalue weighted by atomic mass is 9.86. The summed E-state index contributed by atoms with van der Waals surface area (Å²) >= 11 is 0. The van der Waals surface area contributed by atoms with Crippen molar-refractivity contribution in [1.29, 1.82) is 0 Å². The van der Waals surface area contributed by atoms with E-state index in [0.717, 1.165) is 32.7 Å². The van der Waals surface area contributed by atoms with E-state index in [0.29, 0.717) is 0 Å². The van der Waals surface area contributed by atoms with Crippen molar-refractivity contribution < 1.29 is 4.74 Å². The SMILES string of the molecule is CNCC1(CN(C)c2ccc(C)cc2)CCOC1. The molecule has 3 nitrogen and oxygen atoms in total. The standard InChI is InChI=1S/C15H24N2O/c1-13-4-6-14(7-5-13)17(3)11-15(10-16-2)8-9-18-12-15/h4-7,16H,8-12H2,1-3H3. The summed E-state index contributed by atoms with van der Waals surface area (Å²) in [4.78, 5) is 2.34. The molecule has 0 saturated carbocycles. The van der Waals surface area contributed by atoms with Crippen molar-refractivity contribution >= 4 is 5.69 Å². The Bertz CT molecular complexity index is 369. The lowest BCUT2D eigenvalue weighted by Gasteiger charge is -2.33. The van der Waals surface area contributed by atoms with Crippen LogP contribution in [0.15, 0.2) is 24.3 Å². The number of benzene rings is 1. The van der Waals surface area contributed by atoms with Crippen molar-refractivity contribution in [2.45, 2.75) is 13.3 Å². The van der Waals surface area contributed by atoms with E-state index in [2.05, 4.69) is 48.5 Å². The first kappa shape index (κ1) is 13.4. The third-order valence-electron chi connectivity index (χ3n) is 3.78. The highest BCUT2D eigenvalue weighted by Crippen LogP contribution is 2.30. The minimum atomic E-state index is 0.258. The molecular formula is C15H24N2O. The van der Waals surface area contributed by atoms with E-state index in [1.54, 1.807) is 0 Å². The maximum atomic E-state index is 5.60. The molecule has 0 aliphatic carbocycles. The second kappa shape index (κ2) is 5.72. The molecule has 100 valence electrons. The number of ether oxygens (including phenoxy) is 1. The second-order valence-electron chi connectivity index (χ2n) is 5.52. The average Bonchev–Trinajstić information content (AvgIpc) is 2.79. The van der Waals surface area contributed by atoms with Crippen LogP contribution in [0.2, 0.25) is 0 Å². The fourth-order valence-corrected chi connectivity index (χ4v) is 2.74. The lowest BCUT2D eigenvalue weighted by Crippen LogP contribution is -2.42. The molecule has 2 rings (SSSR count). The third-order valence-corrected chi connectivity index (χ3v) is 3.78. The van der Waals surface area contributed by atoms with Crippen molar-refractivity contribution in [3.63, 3.8) is 0 Å². The Morgan fingerprint density at radius 3 is 2.61 bits per heavy atom. The molecule has 1 saturated heterocycles. The van der Waals surface area contributed by atoms with Crippen LogP contribution in [0, 0.1) is 12.3 Å². The predicted molar refractivity (Wildman–Crippen MR) is 76.2 cm³/mol. The monoisotopic (exact) mass is 248 g/mol. The predicted octanol–water partition coefficient (Wildman–Crippen LogP) is 2.06. The van der Waals surface area contributed by atoms with E-state index in [4.69, 9.17) is 4.74 Å². The molecule has 0 radical (unpaired) electrons. The summed E-state index contributed by atoms with van der Waals surface area (Å²) in [7, 11) is 4.19. The van der Waals surface area contributed by atoms with E-state index >= 15 is 0 Å². The molecule has 1 N–H and O–H groups in total. The van der Waals surface area contributed by atoms with Gasteiger partial charge in [-0.3, -0.25) is 0 Å². The van der Waals surface area contributed by atoms with Gasteiger partial charge in [0.05, 0.1) is 6.61 Å². The van der Waals surface area contributed by atoms with Crippen molar-refractivity contribution in [1.82, 2.24) is 5.32 Å². The summed E-state index contributed by atoms with van der Waals surface area (Å²) in [5.74, 6) is 0. The molecule has 1 unspecified atom stereocenters. The van der Waals surface area contributed by atoms with Gasteiger partial charge in [0, 0.05) is 37.8 Å². The summed E-state index contributed by atoms with van der Waals surface area (Å²) in [5, 5.41) is 3.31. The van der Waals surface area contributed by atoms with Crippen molar-refractivity contribution in [2.24, 2.45) is 5.41 Å². The number of nitrogens with zero attached hydrogens (tertiary/aromatic N) is 1. The van der Waals surface area contributed by atoms with Gasteiger partial charge in [0.1, 0.15) is 0 Å². The molecule has 18 heavy (non-hydrogen) atoms. The van der Waals surface area contributed by atoms with Crippen LogP contribution in [-0.2, 0) is 4.74 Å². The first-order chi connectivity index (χ1) is 8.65. The van der Waals surface area contributed by atoms with Crippen LogP contribution in [0.25, 0.3) is 0 Å². The molecule has 0 spiro atoms. The van der Waals surface area contributed by atoms with Gasteiger partial charge in [0.25, 0.3) is 0 Å². The van der Waals surface area contributed by atoms with Gasteiger partial charge < -0.3 is 15.0 Å². The van der Waals surface area contributed by atoms with Crippen LogP contribution in [0.3, 0.4) is 0 Å². The van der Waals surface area contributed by atoms with Gasteiger partial charge in [-0.1, -0.05) is 17.7 Å². The normalized spacial score (nSPS) is 23.3. The second-order valence-corrected chi connectivity index (χ2v) is 5.52. The quantitative estimate of drug-likeness (QED) is 0.863. The minimum Gasteiger partial charge on any atom is -0.381 e. The van der Waals surface area contributed by atoms with Crippen LogP contribution in [-0.4, -0.2) is 40.4 Å². The maximum Gasteiger partial charge on any atom is 0.0552 e. The average molecular weight is 248 g/mol. The van der Waals surface area contributed by atoms with E-state index in [1.807, 2.05) is 7.05 Å². The highest BCUT2D eigenvalue weighted by molar-refractivity contribution is 5.47. The van der Waals surface area contributed by atoms with Gasteiger partial charge >= 0.3 is 0 Å². The zero-order chi connectivity index (χ0) is 13.0. The molecule has 1 aliphatic heterocycles. The topological polar surface area (TPSA) is 24.5 Å². The van der Waals surface area contributed by atoms with E-state index in [1.165, 1.54) is 11.3 Å². The molecule has 1 aromatic rings. The summed E-state index contributed by atoms with van der Waals surface area (Å²) < 4.78 is 5.60. The van der Waals surface area contributed by atoms with Crippen LogP contribution in [0.4, 0.5) is 5.69 Å². The van der Waals surface area contributed by atoms with Gasteiger partial charge in [0.15, 0.2) is 0 Å². The fraction of sp³-hybridized carbons (Fsp3) is 0.600. The number of aryl methyl sites for hydroxylation is 1. The molecule has 1 fully saturated rings. The Labute approximate surface area is 110 Å². The number of rotatable bonds is 5. The van der Waals surface area contributed by atoms with Crippen LogP contribution < -0.4 is 10.2 Å². The summed E-state index contributed by atoms with van der Waals surface area (Å²) in [5.41, 5.74) is 2.85. The molecule has 1 aromatic carbocycles. The van der Waals surface area contributed by atoms with Gasteiger partial charge in [-0.15, -0.1) is 0 Å². The van der Waals surface area contributed by atoms with Crippen LogP contribution >= 0.6 is 0 Å². The van der Waals surface area contributed by atoms with Crippen molar-refractivity contribution in [3.8, 4) is 0 Å². The largest absolute Gasteiger partial charge is 0.381 e. The molecule has 0 bridgehead atoms. The molecule has 3 heteroatoms. The lowest BCUT2D eigenvalue weighted by molar-refractivity contribution is 0.154. The molecule has 0 amide bonds. The molecule has 1 heterocycles. The smallest absolute Gasteiger partial charge is 0.0552 e. The molecule has 1 atom stereocenters. The van der Waals surface area contributed by atoms with Crippen LogP contribution in [0.1, 0.15) is 12.0 Å². The molecule has 1 aliphatic rings. The van der Waals surface area contributed by atoms with Gasteiger partial charge in [0.2, 0.25) is 0 Å². The Balaban J connectivity index is 2.04. The van der Waals surface area contributed by atoms with E-state index < -0.39 is 0 Å². The highest BCUT2D eigenvalue weighted by Gasteiger charge is 2.35. The summed E-state index contributed by atoms with van der Waals surface area (Å²) in [6.07, 6.45) is 1.14. The third kappa shape index (κ3) is 3.03. The number of hydrogen-bond acceptors (Lipinski definition) is 3. The van der Waals surface area contributed by atoms with Gasteiger partial charge in [-0.25, -0.2) is 0 Å². The fourth-order valence-electron chi connectivity index (χ4n) is 2.74. The van der Waals surface area contributed by atoms with E-state index in [9.17, 15) is 0 Å². The molecular weight excluding hydrogens is 224 g/mol. The summed E-state index contributed by atoms with van der Waals surface area (Å²) in [6, 6.07) is 8.72. The highest BCUT2D eigenvalue weighted by atomic mass is 16.5. The van der Waals surface area contributed by atoms with Crippen molar-refractivity contribution in [3.05, 3.63) is 29.8 Å². The summed E-state index contributed by atoms with van der Waals surface area (Å²) in [6.45, 7) is 5.94. The van der Waals surface area contributed by atoms with Gasteiger partial charge in [-0.05, 0) is 32.5 Å². The number of anilines is 1. The van der Waals surface area contributed by atoms with Gasteiger partial charge in [-0.2, -0.15) is 0 Å². The number of nitrogens with one attached hydrogen (secondary N) is 1. The zero-order valence-electron chi connectivity index (χ0n) is 11.7. The minimum absolute atomic E-state index is 0.258. The first-order valence-electron chi connectivity index (χ1n) is 6.65. The number of hydrogen-bond donors (Lipinski definition) is 1. The first-order valence-corrected chi connectivity index (χ1v) is 6.65. The Kier molecular flexibility index (Phi) is 4.25.